The van der Waals surface area contributed by atoms with Crippen molar-refractivity contribution in [2.24, 2.45) is 0 Å². The molecule has 0 amide bonds. The zero-order valence-electron chi connectivity index (χ0n) is 14.2. The second-order valence-corrected chi connectivity index (χ2v) is 5.78. The number of aromatic nitrogens is 4. The van der Waals surface area contributed by atoms with Crippen molar-refractivity contribution in [1.29, 1.82) is 0 Å². The lowest BCUT2D eigenvalue weighted by molar-refractivity contribution is 0.0988. The van der Waals surface area contributed by atoms with Crippen molar-refractivity contribution in [3.05, 3.63) is 78.4 Å². The molecule has 3 heterocycles. The summed E-state index contributed by atoms with van der Waals surface area (Å²) in [4.78, 5) is 25.7. The van der Waals surface area contributed by atoms with E-state index in [2.05, 4.69) is 15.0 Å². The molecule has 4 rings (SSSR count). The van der Waals surface area contributed by atoms with E-state index in [0.29, 0.717) is 22.9 Å². The van der Waals surface area contributed by atoms with Gasteiger partial charge in [-0.05, 0) is 18.2 Å². The molecule has 0 aliphatic rings. The molecule has 0 aliphatic carbocycles. The molecule has 0 unspecified atom stereocenters. The predicted molar refractivity (Wildman–Crippen MR) is 97.2 cm³/mol. The molecule has 0 aliphatic heterocycles. The summed E-state index contributed by atoms with van der Waals surface area (Å²) in [5.41, 5.74) is 2.97. The van der Waals surface area contributed by atoms with Gasteiger partial charge in [0.05, 0.1) is 30.5 Å². The Kier molecular flexibility index (Phi) is 4.15. The van der Waals surface area contributed by atoms with Crippen LogP contribution in [0.25, 0.3) is 17.0 Å². The van der Waals surface area contributed by atoms with Gasteiger partial charge in [0.1, 0.15) is 0 Å². The van der Waals surface area contributed by atoms with Crippen molar-refractivity contribution < 1.29 is 9.53 Å². The second kappa shape index (κ2) is 6.76. The number of hydrogen-bond acceptors (Lipinski definition) is 5. The number of fused-ring (bicyclic) bond motifs is 1. The van der Waals surface area contributed by atoms with Crippen LogP contribution in [-0.2, 0) is 6.42 Å². The number of ketones is 1. The van der Waals surface area contributed by atoms with Crippen LogP contribution in [0.5, 0.6) is 5.88 Å². The molecule has 6 heteroatoms. The lowest BCUT2D eigenvalue weighted by atomic mass is 10.1. The standard InChI is InChI=1S/C20H16N4O2/c1-26-19-16(8-5-10-21-19)18(25)12-15-9-11-24-13-17(23-20(24)22-15)14-6-3-2-4-7-14/h2-11,13H,12H2,1H3. The molecule has 3 aromatic heterocycles. The summed E-state index contributed by atoms with van der Waals surface area (Å²) in [5.74, 6) is 0.791. The lowest BCUT2D eigenvalue weighted by Crippen LogP contribution is -2.08. The number of rotatable bonds is 5. The highest BCUT2D eigenvalue weighted by atomic mass is 16.5. The van der Waals surface area contributed by atoms with E-state index in [1.807, 2.05) is 53.2 Å². The number of Topliss-reactive ketones (excluding diaryl/α,β-unsaturated/α-hetero) is 1. The first kappa shape index (κ1) is 16.0. The number of carbonyl (C=O) groups excluding carboxylic acids is 1. The van der Waals surface area contributed by atoms with Crippen LogP contribution in [0, 0.1) is 0 Å². The average Bonchev–Trinajstić information content (AvgIpc) is 3.12. The van der Waals surface area contributed by atoms with Gasteiger partial charge < -0.3 is 4.74 Å². The number of benzene rings is 1. The number of hydrogen-bond donors (Lipinski definition) is 0. The largest absolute Gasteiger partial charge is 0.480 e. The van der Waals surface area contributed by atoms with E-state index in [4.69, 9.17) is 4.74 Å². The highest BCUT2D eigenvalue weighted by molar-refractivity contribution is 5.99. The number of nitrogens with zero attached hydrogens (tertiary/aromatic N) is 4. The van der Waals surface area contributed by atoms with Gasteiger partial charge in [0.25, 0.3) is 0 Å². The first-order chi connectivity index (χ1) is 12.7. The first-order valence-electron chi connectivity index (χ1n) is 8.17. The van der Waals surface area contributed by atoms with Crippen LogP contribution >= 0.6 is 0 Å². The Balaban J connectivity index is 1.62. The summed E-state index contributed by atoms with van der Waals surface area (Å²) in [6.07, 6.45) is 5.54. The first-order valence-corrected chi connectivity index (χ1v) is 8.17. The van der Waals surface area contributed by atoms with E-state index in [0.717, 1.165) is 11.3 Å². The summed E-state index contributed by atoms with van der Waals surface area (Å²) in [7, 11) is 1.50. The summed E-state index contributed by atoms with van der Waals surface area (Å²) in [6, 6.07) is 15.2. The zero-order valence-corrected chi connectivity index (χ0v) is 14.2. The zero-order chi connectivity index (χ0) is 17.9. The number of methoxy groups -OCH3 is 1. The van der Waals surface area contributed by atoms with Crippen molar-refractivity contribution in [3.63, 3.8) is 0 Å². The third-order valence-corrected chi connectivity index (χ3v) is 4.06. The molecule has 6 nitrogen and oxygen atoms in total. The number of ether oxygens (including phenoxy) is 1. The van der Waals surface area contributed by atoms with Crippen LogP contribution in [0.4, 0.5) is 0 Å². The lowest BCUT2D eigenvalue weighted by Gasteiger charge is -2.05. The van der Waals surface area contributed by atoms with Crippen LogP contribution in [-0.4, -0.2) is 32.2 Å². The van der Waals surface area contributed by atoms with Crippen molar-refractivity contribution in [1.82, 2.24) is 19.4 Å². The van der Waals surface area contributed by atoms with Crippen molar-refractivity contribution in [2.45, 2.75) is 6.42 Å². The molecule has 1 aromatic carbocycles. The Labute approximate surface area is 150 Å². The second-order valence-electron chi connectivity index (χ2n) is 5.78. The monoisotopic (exact) mass is 344 g/mol. The molecule has 0 saturated carbocycles. The molecule has 0 fully saturated rings. The molecular formula is C20H16N4O2. The normalized spacial score (nSPS) is 10.8. The minimum Gasteiger partial charge on any atom is -0.480 e. The van der Waals surface area contributed by atoms with Crippen LogP contribution in [0.15, 0.2) is 67.1 Å². The van der Waals surface area contributed by atoms with Crippen LogP contribution in [0.3, 0.4) is 0 Å². The van der Waals surface area contributed by atoms with Gasteiger partial charge in [-0.15, -0.1) is 0 Å². The molecule has 0 saturated heterocycles. The fourth-order valence-corrected chi connectivity index (χ4v) is 2.78. The van der Waals surface area contributed by atoms with Gasteiger partial charge in [0.15, 0.2) is 5.78 Å². The van der Waals surface area contributed by atoms with E-state index in [9.17, 15) is 4.79 Å². The van der Waals surface area contributed by atoms with Gasteiger partial charge in [0, 0.05) is 24.2 Å². The Bertz CT molecular complexity index is 1070. The maximum atomic E-state index is 12.6. The molecule has 4 aromatic rings. The summed E-state index contributed by atoms with van der Waals surface area (Å²) in [5, 5.41) is 0. The van der Waals surface area contributed by atoms with E-state index in [-0.39, 0.29) is 12.2 Å². The minimum atomic E-state index is -0.0957. The Hall–Kier alpha value is -3.54. The number of carbonyl (C=O) groups is 1. The van der Waals surface area contributed by atoms with Crippen LogP contribution in [0.1, 0.15) is 16.1 Å². The van der Waals surface area contributed by atoms with Gasteiger partial charge >= 0.3 is 0 Å². The molecule has 0 N–H and O–H groups in total. The van der Waals surface area contributed by atoms with Gasteiger partial charge in [0.2, 0.25) is 11.7 Å². The van der Waals surface area contributed by atoms with E-state index in [1.54, 1.807) is 18.3 Å². The minimum absolute atomic E-state index is 0.0957. The molecule has 0 radical (unpaired) electrons. The fraction of sp³-hybridized carbons (Fsp3) is 0.100. The van der Waals surface area contributed by atoms with Gasteiger partial charge in [-0.25, -0.2) is 15.0 Å². The maximum absolute atomic E-state index is 12.6. The van der Waals surface area contributed by atoms with Gasteiger partial charge in [-0.1, -0.05) is 30.3 Å². The quantitative estimate of drug-likeness (QED) is 0.520. The van der Waals surface area contributed by atoms with E-state index >= 15 is 0 Å². The molecule has 0 atom stereocenters. The van der Waals surface area contributed by atoms with Crippen molar-refractivity contribution in [2.75, 3.05) is 7.11 Å². The third-order valence-electron chi connectivity index (χ3n) is 4.06. The highest BCUT2D eigenvalue weighted by Crippen LogP contribution is 2.19. The van der Waals surface area contributed by atoms with Crippen molar-refractivity contribution >= 4 is 11.6 Å². The SMILES string of the molecule is COc1ncccc1C(=O)Cc1ccn2cc(-c3ccccc3)nc2n1. The number of pyridine rings is 1. The third kappa shape index (κ3) is 3.04. The molecule has 128 valence electrons. The average molecular weight is 344 g/mol. The van der Waals surface area contributed by atoms with E-state index < -0.39 is 0 Å². The summed E-state index contributed by atoms with van der Waals surface area (Å²) in [6.45, 7) is 0. The number of imidazole rings is 1. The predicted octanol–water partition coefficient (Wildman–Crippen LogP) is 3.23. The van der Waals surface area contributed by atoms with Crippen LogP contribution in [0.2, 0.25) is 0 Å². The summed E-state index contributed by atoms with van der Waals surface area (Å²) < 4.78 is 7.01. The van der Waals surface area contributed by atoms with E-state index in [1.165, 1.54) is 7.11 Å². The summed E-state index contributed by atoms with van der Waals surface area (Å²) >= 11 is 0. The topological polar surface area (TPSA) is 69.4 Å². The molecule has 0 bridgehead atoms. The molecule has 0 spiro atoms. The maximum Gasteiger partial charge on any atom is 0.234 e. The molecule has 26 heavy (non-hydrogen) atoms. The smallest absolute Gasteiger partial charge is 0.234 e. The molecular weight excluding hydrogens is 328 g/mol. The van der Waals surface area contributed by atoms with Gasteiger partial charge in [-0.2, -0.15) is 0 Å². The Morgan fingerprint density at radius 1 is 1.08 bits per heavy atom. The van der Waals surface area contributed by atoms with Crippen LogP contribution < -0.4 is 4.74 Å². The van der Waals surface area contributed by atoms with Gasteiger partial charge in [-0.3, -0.25) is 9.20 Å². The fourth-order valence-electron chi connectivity index (χ4n) is 2.78. The Morgan fingerprint density at radius 3 is 2.73 bits per heavy atom. The highest BCUT2D eigenvalue weighted by Gasteiger charge is 2.15. The Morgan fingerprint density at radius 2 is 1.92 bits per heavy atom. The van der Waals surface area contributed by atoms with Crippen molar-refractivity contribution in [3.8, 4) is 17.1 Å².